The van der Waals surface area contributed by atoms with Crippen LogP contribution in [0, 0.1) is 6.92 Å². The average Bonchev–Trinajstić information content (AvgIpc) is 1.94. The SMILES string of the molecule is [CH2]c1cccc(C(=O)O)c1Cl. The number of carboxylic acids is 1. The van der Waals surface area contributed by atoms with Crippen LogP contribution in [-0.2, 0) is 0 Å². The van der Waals surface area contributed by atoms with Gasteiger partial charge in [0.15, 0.2) is 0 Å². The van der Waals surface area contributed by atoms with E-state index < -0.39 is 5.97 Å². The Morgan fingerprint density at radius 1 is 1.55 bits per heavy atom. The second-order valence-corrected chi connectivity index (χ2v) is 2.46. The molecule has 0 saturated heterocycles. The zero-order valence-corrected chi connectivity index (χ0v) is 6.43. The van der Waals surface area contributed by atoms with Gasteiger partial charge in [-0.25, -0.2) is 4.79 Å². The van der Waals surface area contributed by atoms with E-state index in [1.165, 1.54) is 6.07 Å². The molecule has 0 amide bonds. The zero-order valence-electron chi connectivity index (χ0n) is 5.67. The van der Waals surface area contributed by atoms with Crippen LogP contribution in [0.1, 0.15) is 15.9 Å². The van der Waals surface area contributed by atoms with E-state index in [4.69, 9.17) is 16.7 Å². The van der Waals surface area contributed by atoms with E-state index in [2.05, 4.69) is 6.92 Å². The third-order valence-corrected chi connectivity index (χ3v) is 1.76. The number of benzene rings is 1. The van der Waals surface area contributed by atoms with Crippen LogP contribution in [0.25, 0.3) is 0 Å². The molecule has 1 rings (SSSR count). The second-order valence-electron chi connectivity index (χ2n) is 2.08. The number of carbonyl (C=O) groups is 1. The maximum atomic E-state index is 10.5. The first-order valence-corrected chi connectivity index (χ1v) is 3.34. The zero-order chi connectivity index (χ0) is 8.43. The van der Waals surface area contributed by atoms with E-state index in [0.29, 0.717) is 5.56 Å². The lowest BCUT2D eigenvalue weighted by atomic mass is 10.1. The number of rotatable bonds is 1. The average molecular weight is 170 g/mol. The van der Waals surface area contributed by atoms with Crippen LogP contribution in [0.2, 0.25) is 5.02 Å². The summed E-state index contributed by atoms with van der Waals surface area (Å²) in [5.74, 6) is -1.03. The van der Waals surface area contributed by atoms with E-state index in [0.717, 1.165) is 0 Å². The molecule has 3 heteroatoms. The van der Waals surface area contributed by atoms with Crippen LogP contribution in [0.5, 0.6) is 0 Å². The molecule has 1 radical (unpaired) electrons. The summed E-state index contributed by atoms with van der Waals surface area (Å²) in [4.78, 5) is 10.5. The van der Waals surface area contributed by atoms with E-state index in [1.807, 2.05) is 0 Å². The topological polar surface area (TPSA) is 37.3 Å². The van der Waals surface area contributed by atoms with Gasteiger partial charge in [-0.3, -0.25) is 0 Å². The van der Waals surface area contributed by atoms with Gasteiger partial charge in [0.2, 0.25) is 0 Å². The van der Waals surface area contributed by atoms with Crippen molar-refractivity contribution in [3.8, 4) is 0 Å². The summed E-state index contributed by atoms with van der Waals surface area (Å²) in [6.45, 7) is 3.57. The van der Waals surface area contributed by atoms with Crippen molar-refractivity contribution in [1.82, 2.24) is 0 Å². The lowest BCUT2D eigenvalue weighted by Crippen LogP contribution is -1.97. The van der Waals surface area contributed by atoms with Crippen LogP contribution < -0.4 is 0 Å². The van der Waals surface area contributed by atoms with Gasteiger partial charge in [0.05, 0.1) is 10.6 Å². The molecule has 0 atom stereocenters. The van der Waals surface area contributed by atoms with E-state index in [1.54, 1.807) is 12.1 Å². The third kappa shape index (κ3) is 1.52. The minimum absolute atomic E-state index is 0.0965. The number of hydrogen-bond acceptors (Lipinski definition) is 1. The maximum absolute atomic E-state index is 10.5. The van der Waals surface area contributed by atoms with Crippen molar-refractivity contribution in [2.24, 2.45) is 0 Å². The number of aromatic carboxylic acids is 1. The Hall–Kier alpha value is -1.02. The summed E-state index contributed by atoms with van der Waals surface area (Å²) in [5, 5.41) is 8.79. The van der Waals surface area contributed by atoms with Crippen LogP contribution in [0.4, 0.5) is 0 Å². The van der Waals surface area contributed by atoms with E-state index in [9.17, 15) is 4.79 Å². The standard InChI is InChI=1S/C8H6ClO2/c1-5-3-2-4-6(7(5)9)8(10)11/h2-4H,1H2,(H,10,11). The van der Waals surface area contributed by atoms with E-state index in [-0.39, 0.29) is 10.6 Å². The predicted molar refractivity (Wildman–Crippen MR) is 42.9 cm³/mol. The van der Waals surface area contributed by atoms with E-state index >= 15 is 0 Å². The molecular formula is C8H6ClO2. The molecule has 0 spiro atoms. The molecule has 0 aliphatic carbocycles. The monoisotopic (exact) mass is 169 g/mol. The molecule has 0 fully saturated rings. The summed E-state index contributed by atoms with van der Waals surface area (Å²) in [7, 11) is 0. The van der Waals surface area contributed by atoms with Crippen LogP contribution in [0.3, 0.4) is 0 Å². The molecule has 1 N–H and O–H groups in total. The fraction of sp³-hybridized carbons (Fsp3) is 0. The summed E-state index contributed by atoms with van der Waals surface area (Å²) in [5.41, 5.74) is 0.630. The summed E-state index contributed by atoms with van der Waals surface area (Å²) in [6.07, 6.45) is 0. The molecule has 0 heterocycles. The fourth-order valence-corrected chi connectivity index (χ4v) is 0.952. The molecular weight excluding hydrogens is 164 g/mol. The number of hydrogen-bond donors (Lipinski definition) is 1. The van der Waals surface area contributed by atoms with Crippen molar-refractivity contribution in [2.45, 2.75) is 0 Å². The van der Waals surface area contributed by atoms with Gasteiger partial charge < -0.3 is 5.11 Å². The van der Waals surface area contributed by atoms with Gasteiger partial charge in [-0.1, -0.05) is 23.7 Å². The highest BCUT2D eigenvalue weighted by Gasteiger charge is 2.08. The molecule has 0 unspecified atom stereocenters. The fourth-order valence-electron chi connectivity index (χ4n) is 0.745. The van der Waals surface area contributed by atoms with Crippen LogP contribution in [0.15, 0.2) is 18.2 Å². The Balaban J connectivity index is 3.27. The second kappa shape index (κ2) is 2.93. The first kappa shape index (κ1) is 8.08. The number of halogens is 1. The van der Waals surface area contributed by atoms with Crippen molar-refractivity contribution in [1.29, 1.82) is 0 Å². The van der Waals surface area contributed by atoms with Crippen molar-refractivity contribution in [3.05, 3.63) is 41.3 Å². The Labute approximate surface area is 69.4 Å². The van der Waals surface area contributed by atoms with Crippen LogP contribution >= 0.6 is 11.6 Å². The molecule has 1 aromatic carbocycles. The van der Waals surface area contributed by atoms with Gasteiger partial charge in [-0.2, -0.15) is 0 Å². The first-order chi connectivity index (χ1) is 5.13. The highest BCUT2D eigenvalue weighted by molar-refractivity contribution is 6.34. The quantitative estimate of drug-likeness (QED) is 0.700. The van der Waals surface area contributed by atoms with Gasteiger partial charge in [0.1, 0.15) is 0 Å². The lowest BCUT2D eigenvalue weighted by Gasteiger charge is -1.99. The largest absolute Gasteiger partial charge is 0.478 e. The smallest absolute Gasteiger partial charge is 0.337 e. The van der Waals surface area contributed by atoms with Gasteiger partial charge in [0, 0.05) is 0 Å². The summed E-state index contributed by atoms with van der Waals surface area (Å²) in [6, 6.07) is 4.71. The molecule has 0 aromatic heterocycles. The minimum atomic E-state index is -1.03. The molecule has 0 aliphatic rings. The summed E-state index contributed by atoms with van der Waals surface area (Å²) >= 11 is 5.64. The Kier molecular flexibility index (Phi) is 2.15. The highest BCUT2D eigenvalue weighted by Crippen LogP contribution is 2.19. The van der Waals surface area contributed by atoms with Crippen molar-refractivity contribution in [3.63, 3.8) is 0 Å². The Morgan fingerprint density at radius 2 is 2.18 bits per heavy atom. The van der Waals surface area contributed by atoms with Gasteiger partial charge >= 0.3 is 5.97 Å². The predicted octanol–water partition coefficient (Wildman–Crippen LogP) is 2.22. The molecule has 0 bridgehead atoms. The van der Waals surface area contributed by atoms with Crippen molar-refractivity contribution in [2.75, 3.05) is 0 Å². The van der Waals surface area contributed by atoms with Crippen molar-refractivity contribution < 1.29 is 9.90 Å². The molecule has 0 aliphatic heterocycles. The third-order valence-electron chi connectivity index (χ3n) is 1.31. The number of carboxylic acid groups (broad SMARTS) is 1. The highest BCUT2D eigenvalue weighted by atomic mass is 35.5. The van der Waals surface area contributed by atoms with Gasteiger partial charge in [0.25, 0.3) is 0 Å². The maximum Gasteiger partial charge on any atom is 0.337 e. The Bertz CT molecular complexity index is 294. The molecule has 2 nitrogen and oxygen atoms in total. The molecule has 11 heavy (non-hydrogen) atoms. The molecule has 0 saturated carbocycles. The lowest BCUT2D eigenvalue weighted by molar-refractivity contribution is 0.0697. The normalized spacial score (nSPS) is 9.64. The molecule has 1 aromatic rings. The molecule has 57 valence electrons. The van der Waals surface area contributed by atoms with Crippen LogP contribution in [-0.4, -0.2) is 11.1 Å². The van der Waals surface area contributed by atoms with Crippen molar-refractivity contribution >= 4 is 17.6 Å². The Morgan fingerprint density at radius 3 is 2.64 bits per heavy atom. The first-order valence-electron chi connectivity index (χ1n) is 2.96. The minimum Gasteiger partial charge on any atom is -0.478 e. The summed E-state index contributed by atoms with van der Waals surface area (Å²) < 4.78 is 0. The van der Waals surface area contributed by atoms with Gasteiger partial charge in [-0.05, 0) is 18.6 Å². The van der Waals surface area contributed by atoms with Gasteiger partial charge in [-0.15, -0.1) is 0 Å².